The van der Waals surface area contributed by atoms with Crippen molar-refractivity contribution in [2.24, 2.45) is 11.8 Å². The zero-order valence-corrected chi connectivity index (χ0v) is 11.9. The Balaban J connectivity index is 2.16. The Hall–Kier alpha value is -1.32. The fourth-order valence-corrected chi connectivity index (χ4v) is 2.19. The van der Waals surface area contributed by atoms with Gasteiger partial charge < -0.3 is 9.47 Å². The second-order valence-corrected chi connectivity index (χ2v) is 5.30. The van der Waals surface area contributed by atoms with Crippen LogP contribution in [0.25, 0.3) is 0 Å². The highest BCUT2D eigenvalue weighted by Crippen LogP contribution is 2.29. The lowest BCUT2D eigenvalue weighted by molar-refractivity contribution is -0.146. The van der Waals surface area contributed by atoms with Gasteiger partial charge in [0.15, 0.2) is 0 Å². The van der Waals surface area contributed by atoms with Gasteiger partial charge in [-0.2, -0.15) is 0 Å². The lowest BCUT2D eigenvalue weighted by atomic mass is 9.83. The number of rotatable bonds is 6. The van der Waals surface area contributed by atoms with Crippen LogP contribution < -0.4 is 0 Å². The van der Waals surface area contributed by atoms with Crippen LogP contribution in [0, 0.1) is 11.8 Å². The van der Waals surface area contributed by atoms with Crippen molar-refractivity contribution in [2.75, 3.05) is 13.2 Å². The molecule has 0 atom stereocenters. The van der Waals surface area contributed by atoms with Crippen molar-refractivity contribution < 1.29 is 19.1 Å². The standard InChI is InChI=1S/C15H24O4/c1-4-14(16)18-9-12-5-7-13(8-6-12)10-19-15(17)11(2)3/h12-13H,2,4-10H2,1,3H3. The zero-order valence-electron chi connectivity index (χ0n) is 11.9. The van der Waals surface area contributed by atoms with Crippen molar-refractivity contribution in [1.82, 2.24) is 0 Å². The average Bonchev–Trinajstić information content (AvgIpc) is 2.42. The van der Waals surface area contributed by atoms with Crippen molar-refractivity contribution in [2.45, 2.75) is 46.0 Å². The van der Waals surface area contributed by atoms with E-state index < -0.39 is 0 Å². The highest BCUT2D eigenvalue weighted by atomic mass is 16.5. The molecule has 0 aromatic heterocycles. The van der Waals surface area contributed by atoms with Crippen LogP contribution in [0.5, 0.6) is 0 Å². The van der Waals surface area contributed by atoms with Crippen molar-refractivity contribution in [1.29, 1.82) is 0 Å². The molecule has 108 valence electrons. The third-order valence-corrected chi connectivity index (χ3v) is 3.53. The fraction of sp³-hybridized carbons (Fsp3) is 0.733. The summed E-state index contributed by atoms with van der Waals surface area (Å²) in [7, 11) is 0. The molecule has 1 fully saturated rings. The van der Waals surface area contributed by atoms with E-state index in [1.54, 1.807) is 13.8 Å². The van der Waals surface area contributed by atoms with Crippen molar-refractivity contribution in [3.63, 3.8) is 0 Å². The first-order chi connectivity index (χ1) is 9.02. The van der Waals surface area contributed by atoms with Crippen LogP contribution in [0.2, 0.25) is 0 Å². The monoisotopic (exact) mass is 268 g/mol. The third kappa shape index (κ3) is 5.90. The Bertz CT molecular complexity index is 327. The summed E-state index contributed by atoms with van der Waals surface area (Å²) < 4.78 is 10.3. The summed E-state index contributed by atoms with van der Waals surface area (Å²) in [6, 6.07) is 0. The second-order valence-electron chi connectivity index (χ2n) is 5.30. The lowest BCUT2D eigenvalue weighted by Crippen LogP contribution is -2.23. The van der Waals surface area contributed by atoms with Gasteiger partial charge in [0.25, 0.3) is 0 Å². The maximum atomic E-state index is 11.3. The highest BCUT2D eigenvalue weighted by Gasteiger charge is 2.23. The smallest absolute Gasteiger partial charge is 0.333 e. The number of carbonyl (C=O) groups is 2. The first-order valence-electron chi connectivity index (χ1n) is 7.01. The van der Waals surface area contributed by atoms with E-state index >= 15 is 0 Å². The largest absolute Gasteiger partial charge is 0.465 e. The molecule has 4 nitrogen and oxygen atoms in total. The summed E-state index contributed by atoms with van der Waals surface area (Å²) in [4.78, 5) is 22.4. The molecule has 0 aliphatic heterocycles. The number of esters is 2. The van der Waals surface area contributed by atoms with E-state index in [0.717, 1.165) is 25.7 Å². The summed E-state index contributed by atoms with van der Waals surface area (Å²) in [5.74, 6) is 0.460. The molecule has 0 bridgehead atoms. The first kappa shape index (κ1) is 15.7. The number of hydrogen-bond acceptors (Lipinski definition) is 4. The Morgan fingerprint density at radius 3 is 1.95 bits per heavy atom. The molecule has 0 spiro atoms. The van der Waals surface area contributed by atoms with E-state index in [9.17, 15) is 9.59 Å². The predicted molar refractivity (Wildman–Crippen MR) is 72.5 cm³/mol. The average molecular weight is 268 g/mol. The summed E-state index contributed by atoms with van der Waals surface area (Å²) in [5, 5.41) is 0. The third-order valence-electron chi connectivity index (χ3n) is 3.53. The number of carbonyl (C=O) groups excluding carboxylic acids is 2. The topological polar surface area (TPSA) is 52.6 Å². The molecule has 1 rings (SSSR count). The van der Waals surface area contributed by atoms with Gasteiger partial charge in [0.1, 0.15) is 0 Å². The van der Waals surface area contributed by atoms with Gasteiger partial charge in [-0.1, -0.05) is 13.5 Å². The summed E-state index contributed by atoms with van der Waals surface area (Å²) in [5.41, 5.74) is 0.445. The van der Waals surface area contributed by atoms with E-state index in [0.29, 0.717) is 37.0 Å². The van der Waals surface area contributed by atoms with E-state index in [2.05, 4.69) is 6.58 Å². The van der Waals surface area contributed by atoms with E-state index in [1.807, 2.05) is 0 Å². The fourth-order valence-electron chi connectivity index (χ4n) is 2.19. The molecule has 4 heteroatoms. The van der Waals surface area contributed by atoms with Gasteiger partial charge in [0.05, 0.1) is 13.2 Å². The minimum absolute atomic E-state index is 0.127. The van der Waals surface area contributed by atoms with Crippen LogP contribution in [-0.4, -0.2) is 25.2 Å². The molecule has 1 aliphatic rings. The molecule has 0 amide bonds. The van der Waals surface area contributed by atoms with E-state index in [-0.39, 0.29) is 11.9 Å². The Morgan fingerprint density at radius 2 is 1.53 bits per heavy atom. The van der Waals surface area contributed by atoms with Crippen molar-refractivity contribution in [3.8, 4) is 0 Å². The zero-order chi connectivity index (χ0) is 14.3. The molecular weight excluding hydrogens is 244 g/mol. The van der Waals surface area contributed by atoms with Crippen molar-refractivity contribution >= 4 is 11.9 Å². The minimum Gasteiger partial charge on any atom is -0.465 e. The molecule has 1 saturated carbocycles. The van der Waals surface area contributed by atoms with Gasteiger partial charge in [-0.05, 0) is 44.4 Å². The van der Waals surface area contributed by atoms with E-state index in [1.165, 1.54) is 0 Å². The van der Waals surface area contributed by atoms with E-state index in [4.69, 9.17) is 9.47 Å². The molecule has 0 heterocycles. The molecule has 0 saturated heterocycles. The summed E-state index contributed by atoms with van der Waals surface area (Å²) in [6.07, 6.45) is 4.56. The molecular formula is C15H24O4. The molecule has 0 aromatic rings. The summed E-state index contributed by atoms with van der Waals surface area (Å²) >= 11 is 0. The lowest BCUT2D eigenvalue weighted by Gasteiger charge is -2.27. The minimum atomic E-state index is -0.306. The SMILES string of the molecule is C=C(C)C(=O)OCC1CCC(COC(=O)CC)CC1. The van der Waals surface area contributed by atoms with Gasteiger partial charge in [0, 0.05) is 12.0 Å². The Labute approximate surface area is 115 Å². The maximum Gasteiger partial charge on any atom is 0.333 e. The molecule has 1 aliphatic carbocycles. The van der Waals surface area contributed by atoms with Crippen LogP contribution in [0.1, 0.15) is 46.0 Å². The highest BCUT2D eigenvalue weighted by molar-refractivity contribution is 5.86. The molecule has 0 aromatic carbocycles. The molecule has 0 N–H and O–H groups in total. The molecule has 0 unspecified atom stereocenters. The molecule has 0 radical (unpaired) electrons. The van der Waals surface area contributed by atoms with Gasteiger partial charge in [-0.3, -0.25) is 4.79 Å². The van der Waals surface area contributed by atoms with Crippen LogP contribution in [0.4, 0.5) is 0 Å². The van der Waals surface area contributed by atoms with Gasteiger partial charge in [0.2, 0.25) is 0 Å². The van der Waals surface area contributed by atoms with Gasteiger partial charge >= 0.3 is 11.9 Å². The molecule has 19 heavy (non-hydrogen) atoms. The van der Waals surface area contributed by atoms with Crippen molar-refractivity contribution in [3.05, 3.63) is 12.2 Å². The first-order valence-corrected chi connectivity index (χ1v) is 7.01. The van der Waals surface area contributed by atoms with Crippen LogP contribution in [0.15, 0.2) is 12.2 Å². The van der Waals surface area contributed by atoms with Crippen LogP contribution in [0.3, 0.4) is 0 Å². The Kier molecular flexibility index (Phi) is 6.60. The van der Waals surface area contributed by atoms with Gasteiger partial charge in [-0.15, -0.1) is 0 Å². The van der Waals surface area contributed by atoms with Crippen LogP contribution >= 0.6 is 0 Å². The second kappa shape index (κ2) is 7.97. The number of hydrogen-bond donors (Lipinski definition) is 0. The number of ether oxygens (including phenoxy) is 2. The predicted octanol–water partition coefficient (Wildman–Crippen LogP) is 2.87. The summed E-state index contributed by atoms with van der Waals surface area (Å²) in [6.45, 7) is 8.02. The quantitative estimate of drug-likeness (QED) is 0.549. The van der Waals surface area contributed by atoms with Crippen LogP contribution in [-0.2, 0) is 19.1 Å². The Morgan fingerprint density at radius 1 is 1.05 bits per heavy atom. The maximum absolute atomic E-state index is 11.3. The normalized spacial score (nSPS) is 22.6. The van der Waals surface area contributed by atoms with Gasteiger partial charge in [-0.25, -0.2) is 4.79 Å².